The molecule has 0 aromatic carbocycles. The molecule has 0 bridgehead atoms. The molecule has 88 valence electrons. The molecule has 0 aliphatic rings. The highest BCUT2D eigenvalue weighted by Crippen LogP contribution is 1.98. The van der Waals surface area contributed by atoms with E-state index in [0.29, 0.717) is 19.6 Å². The normalized spacial score (nSPS) is 12.2. The van der Waals surface area contributed by atoms with Crippen molar-refractivity contribution in [3.63, 3.8) is 0 Å². The first kappa shape index (κ1) is 14.1. The summed E-state index contributed by atoms with van der Waals surface area (Å²) in [6, 6.07) is -0.573. The minimum Gasteiger partial charge on any atom is -0.395 e. The number of hydrogen-bond donors (Lipinski definition) is 2. The minimum atomic E-state index is -0.573. The maximum absolute atomic E-state index is 11.7. The summed E-state index contributed by atoms with van der Waals surface area (Å²) in [4.78, 5) is 13.2. The Kier molecular flexibility index (Phi) is 7.89. The first-order chi connectivity index (χ1) is 7.17. The highest BCUT2D eigenvalue weighted by molar-refractivity contribution is 5.81. The van der Waals surface area contributed by atoms with Crippen LogP contribution in [0.2, 0.25) is 0 Å². The minimum absolute atomic E-state index is 0.0728. The molecule has 0 saturated carbocycles. The van der Waals surface area contributed by atoms with Gasteiger partial charge in [0.25, 0.3) is 0 Å². The van der Waals surface area contributed by atoms with Crippen molar-refractivity contribution < 1.29 is 14.6 Å². The van der Waals surface area contributed by atoms with Gasteiger partial charge in [-0.05, 0) is 6.42 Å². The summed E-state index contributed by atoms with van der Waals surface area (Å²) in [6.45, 7) is 4.61. The van der Waals surface area contributed by atoms with Gasteiger partial charge in [0, 0.05) is 26.8 Å². The molecule has 5 heteroatoms. The van der Waals surface area contributed by atoms with Crippen molar-refractivity contribution in [2.24, 2.45) is 5.73 Å². The lowest BCUT2D eigenvalue weighted by molar-refractivity contribution is -0.133. The Labute approximate surface area is 90.5 Å². The number of aliphatic hydroxyl groups is 1. The average molecular weight is 216 g/mol. The van der Waals surface area contributed by atoms with Crippen LogP contribution in [0, 0.1) is 0 Å². The van der Waals surface area contributed by atoms with Crippen LogP contribution >= 0.6 is 0 Å². The highest BCUT2D eigenvalue weighted by Gasteiger charge is 2.19. The first-order valence-corrected chi connectivity index (χ1v) is 4.92. The van der Waals surface area contributed by atoms with Gasteiger partial charge in [-0.2, -0.15) is 0 Å². The quantitative estimate of drug-likeness (QED) is 0.529. The Hall–Kier alpha value is -0.910. The number of carbonyl (C=O) groups is 1. The van der Waals surface area contributed by atoms with E-state index in [1.165, 1.54) is 4.90 Å². The Morgan fingerprint density at radius 1 is 1.73 bits per heavy atom. The summed E-state index contributed by atoms with van der Waals surface area (Å²) in [5.41, 5.74) is 5.68. The Morgan fingerprint density at radius 2 is 2.40 bits per heavy atom. The lowest BCUT2D eigenvalue weighted by Crippen LogP contribution is -2.45. The number of amides is 1. The SMILES string of the molecule is C=CCN(CCO)C(=O)C(N)CCOC. The van der Waals surface area contributed by atoms with Crippen LogP contribution in [0.1, 0.15) is 6.42 Å². The van der Waals surface area contributed by atoms with E-state index < -0.39 is 6.04 Å². The molecule has 0 aromatic heterocycles. The molecule has 0 fully saturated rings. The van der Waals surface area contributed by atoms with Crippen LogP contribution in [0.4, 0.5) is 0 Å². The standard InChI is InChI=1S/C10H20N2O3/c1-3-5-12(6-7-13)10(14)9(11)4-8-15-2/h3,9,13H,1,4-8,11H2,2H3. The first-order valence-electron chi connectivity index (χ1n) is 4.92. The summed E-state index contributed by atoms with van der Waals surface area (Å²) in [6.07, 6.45) is 2.09. The monoisotopic (exact) mass is 216 g/mol. The molecule has 0 aliphatic carbocycles. The van der Waals surface area contributed by atoms with Gasteiger partial charge >= 0.3 is 0 Å². The van der Waals surface area contributed by atoms with Gasteiger partial charge in [0.1, 0.15) is 0 Å². The lowest BCUT2D eigenvalue weighted by Gasteiger charge is -2.23. The second-order valence-electron chi connectivity index (χ2n) is 3.18. The number of rotatable bonds is 8. The van der Waals surface area contributed by atoms with Crippen LogP contribution in [0.15, 0.2) is 12.7 Å². The molecule has 5 nitrogen and oxygen atoms in total. The fourth-order valence-electron chi connectivity index (χ4n) is 1.17. The largest absolute Gasteiger partial charge is 0.395 e. The summed E-state index contributed by atoms with van der Waals surface area (Å²) >= 11 is 0. The Bertz CT molecular complexity index is 197. The maximum atomic E-state index is 11.7. The molecule has 1 unspecified atom stereocenters. The summed E-state index contributed by atoms with van der Waals surface area (Å²) in [5, 5.41) is 8.78. The number of hydrogen-bond acceptors (Lipinski definition) is 4. The molecule has 0 heterocycles. The number of aliphatic hydroxyl groups excluding tert-OH is 1. The number of carbonyl (C=O) groups excluding carboxylic acids is 1. The van der Waals surface area contributed by atoms with E-state index in [9.17, 15) is 4.79 Å². The molecular formula is C10H20N2O3. The zero-order valence-corrected chi connectivity index (χ0v) is 9.19. The fraction of sp³-hybridized carbons (Fsp3) is 0.700. The number of ether oxygens (including phenoxy) is 1. The van der Waals surface area contributed by atoms with Crippen molar-refractivity contribution in [3.8, 4) is 0 Å². The summed E-state index contributed by atoms with van der Waals surface area (Å²) in [5.74, 6) is -0.180. The van der Waals surface area contributed by atoms with E-state index in [1.54, 1.807) is 13.2 Å². The van der Waals surface area contributed by atoms with Crippen LogP contribution in [0.5, 0.6) is 0 Å². The van der Waals surface area contributed by atoms with Gasteiger partial charge in [-0.15, -0.1) is 6.58 Å². The third-order valence-corrected chi connectivity index (χ3v) is 1.98. The van der Waals surface area contributed by atoms with Crippen LogP contribution in [0.3, 0.4) is 0 Å². The van der Waals surface area contributed by atoms with Gasteiger partial charge in [-0.25, -0.2) is 0 Å². The van der Waals surface area contributed by atoms with E-state index in [1.807, 2.05) is 0 Å². The zero-order valence-electron chi connectivity index (χ0n) is 9.19. The van der Waals surface area contributed by atoms with Crippen LogP contribution in [-0.2, 0) is 9.53 Å². The van der Waals surface area contributed by atoms with E-state index in [-0.39, 0.29) is 19.1 Å². The van der Waals surface area contributed by atoms with E-state index in [0.717, 1.165) is 0 Å². The maximum Gasteiger partial charge on any atom is 0.239 e. The van der Waals surface area contributed by atoms with Crippen molar-refractivity contribution >= 4 is 5.91 Å². The molecule has 0 aliphatic heterocycles. The van der Waals surface area contributed by atoms with Crippen molar-refractivity contribution in [1.29, 1.82) is 0 Å². The number of methoxy groups -OCH3 is 1. The molecule has 15 heavy (non-hydrogen) atoms. The third-order valence-electron chi connectivity index (χ3n) is 1.98. The zero-order chi connectivity index (χ0) is 11.7. The lowest BCUT2D eigenvalue weighted by atomic mass is 10.2. The number of nitrogens with two attached hydrogens (primary N) is 1. The van der Waals surface area contributed by atoms with Gasteiger partial charge in [0.15, 0.2) is 0 Å². The second-order valence-corrected chi connectivity index (χ2v) is 3.18. The topological polar surface area (TPSA) is 75.8 Å². The van der Waals surface area contributed by atoms with Crippen molar-refractivity contribution in [2.45, 2.75) is 12.5 Å². The van der Waals surface area contributed by atoms with Crippen molar-refractivity contribution in [2.75, 3.05) is 33.4 Å². The number of nitrogens with zero attached hydrogens (tertiary/aromatic N) is 1. The van der Waals surface area contributed by atoms with Crippen molar-refractivity contribution in [3.05, 3.63) is 12.7 Å². The Balaban J connectivity index is 4.14. The van der Waals surface area contributed by atoms with Gasteiger partial charge in [-0.3, -0.25) is 4.79 Å². The molecule has 0 rings (SSSR count). The van der Waals surface area contributed by atoms with Gasteiger partial charge < -0.3 is 20.5 Å². The van der Waals surface area contributed by atoms with E-state index in [4.69, 9.17) is 15.6 Å². The predicted octanol–water partition coefficient (Wildman–Crippen LogP) is -0.643. The Morgan fingerprint density at radius 3 is 2.87 bits per heavy atom. The third kappa shape index (κ3) is 5.51. The molecule has 1 atom stereocenters. The average Bonchev–Trinajstić information content (AvgIpc) is 2.24. The highest BCUT2D eigenvalue weighted by atomic mass is 16.5. The molecule has 0 radical (unpaired) electrons. The van der Waals surface area contributed by atoms with Crippen molar-refractivity contribution in [1.82, 2.24) is 4.90 Å². The molecule has 1 amide bonds. The molecule has 3 N–H and O–H groups in total. The summed E-state index contributed by atoms with van der Waals surface area (Å²) in [7, 11) is 1.56. The smallest absolute Gasteiger partial charge is 0.239 e. The van der Waals surface area contributed by atoms with Crippen LogP contribution < -0.4 is 5.73 Å². The van der Waals surface area contributed by atoms with Gasteiger partial charge in [0.05, 0.1) is 12.6 Å². The second kappa shape index (κ2) is 8.40. The van der Waals surface area contributed by atoms with E-state index >= 15 is 0 Å². The van der Waals surface area contributed by atoms with Crippen LogP contribution in [0.25, 0.3) is 0 Å². The fourth-order valence-corrected chi connectivity index (χ4v) is 1.17. The van der Waals surface area contributed by atoms with E-state index in [2.05, 4.69) is 6.58 Å². The summed E-state index contributed by atoms with van der Waals surface area (Å²) < 4.78 is 4.84. The molecule has 0 spiro atoms. The molecule has 0 aromatic rings. The molecular weight excluding hydrogens is 196 g/mol. The van der Waals surface area contributed by atoms with Gasteiger partial charge in [-0.1, -0.05) is 6.08 Å². The van der Waals surface area contributed by atoms with Crippen LogP contribution in [-0.4, -0.2) is 55.4 Å². The predicted molar refractivity (Wildman–Crippen MR) is 58.3 cm³/mol. The molecule has 0 saturated heterocycles. The van der Waals surface area contributed by atoms with Gasteiger partial charge in [0.2, 0.25) is 5.91 Å².